The number of benzene rings is 2. The molecule has 0 radical (unpaired) electrons. The molecule has 0 aliphatic heterocycles. The summed E-state index contributed by atoms with van der Waals surface area (Å²) in [7, 11) is 1.68. The Morgan fingerprint density at radius 1 is 1.11 bits per heavy atom. The first-order chi connectivity index (χ1) is 17.0. The van der Waals surface area contributed by atoms with E-state index in [1.54, 1.807) is 19.2 Å². The van der Waals surface area contributed by atoms with Gasteiger partial charge in [-0.1, -0.05) is 48.0 Å². The van der Waals surface area contributed by atoms with Crippen LogP contribution in [0.4, 0.5) is 0 Å². The lowest BCUT2D eigenvalue weighted by atomic mass is 10.1. The molecule has 8 heteroatoms. The Morgan fingerprint density at radius 2 is 1.89 bits per heavy atom. The number of fused-ring (bicyclic) bond motifs is 1. The molecule has 0 aliphatic rings. The fourth-order valence-corrected chi connectivity index (χ4v) is 4.52. The van der Waals surface area contributed by atoms with E-state index in [0.717, 1.165) is 28.1 Å². The number of hydrogen-bond acceptors (Lipinski definition) is 5. The van der Waals surface area contributed by atoms with E-state index in [9.17, 15) is 9.59 Å². The van der Waals surface area contributed by atoms with Gasteiger partial charge in [0, 0.05) is 30.4 Å². The van der Waals surface area contributed by atoms with Crippen molar-refractivity contribution in [3.63, 3.8) is 0 Å². The molecule has 0 atom stereocenters. The van der Waals surface area contributed by atoms with Gasteiger partial charge in [-0.15, -0.1) is 11.3 Å². The van der Waals surface area contributed by atoms with Crippen molar-refractivity contribution in [1.29, 1.82) is 0 Å². The minimum absolute atomic E-state index is 0.195. The van der Waals surface area contributed by atoms with Crippen LogP contribution < -0.4 is 5.56 Å². The zero-order valence-electron chi connectivity index (χ0n) is 19.3. The van der Waals surface area contributed by atoms with E-state index >= 15 is 0 Å². The van der Waals surface area contributed by atoms with Crippen LogP contribution in [-0.2, 0) is 11.3 Å². The summed E-state index contributed by atoms with van der Waals surface area (Å²) in [6, 6.07) is 19.7. The van der Waals surface area contributed by atoms with E-state index in [0.29, 0.717) is 16.0 Å². The molecule has 3 heterocycles. The largest absolute Gasteiger partial charge is 0.335 e. The Balaban J connectivity index is 1.41. The second-order valence-electron chi connectivity index (χ2n) is 8.26. The Kier molecular flexibility index (Phi) is 6.12. The summed E-state index contributed by atoms with van der Waals surface area (Å²) in [5.41, 5.74) is 4.48. The maximum atomic E-state index is 12.9. The first-order valence-corrected chi connectivity index (χ1v) is 12.0. The molecule has 7 nitrogen and oxygen atoms in total. The normalized spacial score (nSPS) is 11.4. The van der Waals surface area contributed by atoms with Gasteiger partial charge >= 0.3 is 0 Å². The van der Waals surface area contributed by atoms with Gasteiger partial charge in [-0.05, 0) is 36.6 Å². The maximum absolute atomic E-state index is 12.9. The summed E-state index contributed by atoms with van der Waals surface area (Å²) in [6.07, 6.45) is 5.21. The van der Waals surface area contributed by atoms with E-state index in [1.807, 2.05) is 77.8 Å². The van der Waals surface area contributed by atoms with Crippen molar-refractivity contribution in [1.82, 2.24) is 24.6 Å². The smallest absolute Gasteiger partial charge is 0.259 e. The molecular formula is C27H23N5O2S. The van der Waals surface area contributed by atoms with Crippen LogP contribution in [0.1, 0.15) is 17.0 Å². The van der Waals surface area contributed by atoms with Crippen LogP contribution in [0.3, 0.4) is 0 Å². The summed E-state index contributed by atoms with van der Waals surface area (Å²) < 4.78 is 1.81. The molecule has 5 rings (SSSR count). The third kappa shape index (κ3) is 4.83. The van der Waals surface area contributed by atoms with Gasteiger partial charge in [0.2, 0.25) is 5.91 Å². The number of aromatic nitrogens is 4. The molecule has 0 bridgehead atoms. The van der Waals surface area contributed by atoms with Crippen molar-refractivity contribution in [3.8, 4) is 16.9 Å². The standard InChI is InChI=1S/C27H23N5O2S/c1-18-8-10-19(11-9-18)25-20(16-32(30-25)21-6-4-3-5-7-21)12-13-24(33)31(2)17-23-28-26(34)22-14-15-35-27(22)29-23/h3-16H,17H2,1-2H3,(H,28,29,34). The van der Waals surface area contributed by atoms with E-state index in [-0.39, 0.29) is 18.0 Å². The third-order valence-corrected chi connectivity index (χ3v) is 6.45. The molecule has 2 aromatic carbocycles. The van der Waals surface area contributed by atoms with Crippen LogP contribution in [0.25, 0.3) is 33.2 Å². The lowest BCUT2D eigenvalue weighted by molar-refractivity contribution is -0.125. The summed E-state index contributed by atoms with van der Waals surface area (Å²) in [5.74, 6) is 0.243. The van der Waals surface area contributed by atoms with Gasteiger partial charge < -0.3 is 9.88 Å². The molecule has 0 fully saturated rings. The van der Waals surface area contributed by atoms with Crippen LogP contribution in [0.2, 0.25) is 0 Å². The monoisotopic (exact) mass is 481 g/mol. The van der Waals surface area contributed by atoms with Crippen LogP contribution in [0.5, 0.6) is 0 Å². The SMILES string of the molecule is Cc1ccc(-c2nn(-c3ccccc3)cc2C=CC(=O)N(C)Cc2nc3sccc3c(=O)[nH]2)cc1. The minimum atomic E-state index is -0.207. The number of likely N-dealkylation sites (N-methyl/N-ethyl adjacent to an activating group) is 1. The molecule has 0 aliphatic carbocycles. The van der Waals surface area contributed by atoms with E-state index in [1.165, 1.54) is 22.3 Å². The van der Waals surface area contributed by atoms with Crippen molar-refractivity contribution >= 4 is 33.5 Å². The molecule has 3 aromatic heterocycles. The predicted octanol–water partition coefficient (Wildman–Crippen LogP) is 4.82. The highest BCUT2D eigenvalue weighted by atomic mass is 32.1. The van der Waals surface area contributed by atoms with Gasteiger partial charge in [0.1, 0.15) is 10.7 Å². The van der Waals surface area contributed by atoms with Gasteiger partial charge in [0.25, 0.3) is 5.56 Å². The summed E-state index contributed by atoms with van der Waals surface area (Å²) in [5, 5.41) is 7.19. The minimum Gasteiger partial charge on any atom is -0.335 e. The molecule has 5 aromatic rings. The Labute approximate surface area is 206 Å². The molecule has 35 heavy (non-hydrogen) atoms. The predicted molar refractivity (Wildman–Crippen MR) is 139 cm³/mol. The number of nitrogens with one attached hydrogen (secondary N) is 1. The zero-order chi connectivity index (χ0) is 24.4. The molecule has 174 valence electrons. The number of carbonyl (C=O) groups is 1. The van der Waals surface area contributed by atoms with Crippen molar-refractivity contribution in [2.45, 2.75) is 13.5 Å². The van der Waals surface area contributed by atoms with Gasteiger partial charge in [-0.25, -0.2) is 9.67 Å². The highest BCUT2D eigenvalue weighted by molar-refractivity contribution is 7.16. The summed E-state index contributed by atoms with van der Waals surface area (Å²) >= 11 is 1.40. The van der Waals surface area contributed by atoms with Crippen molar-refractivity contribution in [3.05, 3.63) is 106 Å². The van der Waals surface area contributed by atoms with Crippen molar-refractivity contribution < 1.29 is 4.79 Å². The first-order valence-electron chi connectivity index (χ1n) is 11.1. The lowest BCUT2D eigenvalue weighted by Crippen LogP contribution is -2.26. The average molecular weight is 482 g/mol. The quantitative estimate of drug-likeness (QED) is 0.353. The molecule has 0 saturated carbocycles. The van der Waals surface area contributed by atoms with E-state index < -0.39 is 0 Å². The third-order valence-electron chi connectivity index (χ3n) is 5.64. The number of para-hydroxylation sites is 1. The summed E-state index contributed by atoms with van der Waals surface area (Å²) in [4.78, 5) is 34.5. The molecule has 0 saturated heterocycles. The van der Waals surface area contributed by atoms with E-state index in [2.05, 4.69) is 9.97 Å². The first kappa shape index (κ1) is 22.5. The van der Waals surface area contributed by atoms with Crippen LogP contribution in [0.15, 0.2) is 83.1 Å². The number of H-pyrrole nitrogens is 1. The fourth-order valence-electron chi connectivity index (χ4n) is 3.73. The average Bonchev–Trinajstić information content (AvgIpc) is 3.51. The van der Waals surface area contributed by atoms with Crippen LogP contribution in [0, 0.1) is 6.92 Å². The number of thiophene rings is 1. The Morgan fingerprint density at radius 3 is 2.66 bits per heavy atom. The highest BCUT2D eigenvalue weighted by Gasteiger charge is 2.13. The van der Waals surface area contributed by atoms with E-state index in [4.69, 9.17) is 5.10 Å². The topological polar surface area (TPSA) is 83.9 Å². The number of hydrogen-bond donors (Lipinski definition) is 1. The molecule has 0 unspecified atom stereocenters. The second-order valence-corrected chi connectivity index (χ2v) is 9.15. The number of nitrogens with zero attached hydrogens (tertiary/aromatic N) is 4. The number of rotatable bonds is 6. The Bertz CT molecular complexity index is 1580. The van der Waals surface area contributed by atoms with Crippen molar-refractivity contribution in [2.75, 3.05) is 7.05 Å². The Hall–Kier alpha value is -4.30. The maximum Gasteiger partial charge on any atom is 0.259 e. The highest BCUT2D eigenvalue weighted by Crippen LogP contribution is 2.25. The molecule has 1 N–H and O–H groups in total. The molecule has 1 amide bonds. The van der Waals surface area contributed by atoms with Gasteiger partial charge in [0.15, 0.2) is 0 Å². The number of aryl methyl sites for hydroxylation is 1. The zero-order valence-corrected chi connectivity index (χ0v) is 20.1. The van der Waals surface area contributed by atoms with Gasteiger partial charge in [-0.2, -0.15) is 5.10 Å². The number of carbonyl (C=O) groups excluding carboxylic acids is 1. The van der Waals surface area contributed by atoms with Gasteiger partial charge in [0.05, 0.1) is 23.3 Å². The lowest BCUT2D eigenvalue weighted by Gasteiger charge is -2.14. The molecular weight excluding hydrogens is 458 g/mol. The molecule has 0 spiro atoms. The number of amides is 1. The summed E-state index contributed by atoms with van der Waals surface area (Å²) in [6.45, 7) is 2.24. The fraction of sp³-hybridized carbons (Fsp3) is 0.111. The van der Waals surface area contributed by atoms with Crippen LogP contribution >= 0.6 is 11.3 Å². The second kappa shape index (κ2) is 9.52. The van der Waals surface area contributed by atoms with Crippen molar-refractivity contribution in [2.24, 2.45) is 0 Å². The van der Waals surface area contributed by atoms with Crippen LogP contribution in [-0.4, -0.2) is 37.6 Å². The van der Waals surface area contributed by atoms with Gasteiger partial charge in [-0.3, -0.25) is 9.59 Å². The number of aromatic amines is 1.